The highest BCUT2D eigenvalue weighted by Crippen LogP contribution is 2.30. The highest BCUT2D eigenvalue weighted by molar-refractivity contribution is 6.33. The van der Waals surface area contributed by atoms with Crippen molar-refractivity contribution < 1.29 is 4.79 Å². The second-order valence-corrected chi connectivity index (χ2v) is 4.77. The maximum absolute atomic E-state index is 11.2. The number of nitrogens with two attached hydrogens (primary N) is 1. The minimum absolute atomic E-state index is 0.0315. The third kappa shape index (κ3) is 2.79. The van der Waals surface area contributed by atoms with Gasteiger partial charge in [0.2, 0.25) is 11.2 Å². The van der Waals surface area contributed by atoms with Gasteiger partial charge in [-0.25, -0.2) is 4.98 Å². The monoisotopic (exact) mass is 274 g/mol. The lowest BCUT2D eigenvalue weighted by Gasteiger charge is -2.19. The lowest BCUT2D eigenvalue weighted by atomic mass is 10.0. The van der Waals surface area contributed by atoms with Gasteiger partial charge in [0.05, 0.1) is 12.1 Å². The maximum Gasteiger partial charge on any atom is 0.224 e. The zero-order valence-electron chi connectivity index (χ0n) is 8.99. The van der Waals surface area contributed by atoms with E-state index in [0.717, 1.165) is 19.3 Å². The molecule has 0 aliphatic heterocycles. The predicted octanol–water partition coefficient (Wildman–Crippen LogP) is 1.85. The van der Waals surface area contributed by atoms with Crippen LogP contribution in [0.3, 0.4) is 0 Å². The normalized spacial score (nSPS) is 23.6. The van der Waals surface area contributed by atoms with Crippen LogP contribution in [0.2, 0.25) is 10.3 Å². The quantitative estimate of drug-likeness (QED) is 0.825. The van der Waals surface area contributed by atoms with Crippen LogP contribution in [0.5, 0.6) is 0 Å². The van der Waals surface area contributed by atoms with Gasteiger partial charge in [-0.3, -0.25) is 4.79 Å². The smallest absolute Gasteiger partial charge is 0.224 e. The third-order valence-electron chi connectivity index (χ3n) is 2.92. The van der Waals surface area contributed by atoms with Gasteiger partial charge in [0.1, 0.15) is 10.8 Å². The molecule has 0 aromatic carbocycles. The number of nitrogens with zero attached hydrogens (tertiary/aromatic N) is 2. The highest BCUT2D eigenvalue weighted by Gasteiger charge is 2.32. The van der Waals surface area contributed by atoms with Gasteiger partial charge in [-0.1, -0.05) is 18.0 Å². The minimum atomic E-state index is -0.295. The van der Waals surface area contributed by atoms with Crippen molar-refractivity contribution in [3.8, 4) is 0 Å². The molecule has 1 aromatic heterocycles. The average molecular weight is 275 g/mol. The number of primary amides is 1. The predicted molar refractivity (Wildman–Crippen MR) is 66.0 cm³/mol. The van der Waals surface area contributed by atoms with Gasteiger partial charge in [-0.15, -0.1) is 0 Å². The van der Waals surface area contributed by atoms with E-state index in [0.29, 0.717) is 10.8 Å². The number of nitrogens with one attached hydrogen (secondary N) is 1. The van der Waals surface area contributed by atoms with Gasteiger partial charge >= 0.3 is 0 Å². The molecule has 0 saturated heterocycles. The first-order valence-electron chi connectivity index (χ1n) is 5.32. The molecule has 0 radical (unpaired) electrons. The molecule has 1 fully saturated rings. The van der Waals surface area contributed by atoms with Gasteiger partial charge in [-0.05, 0) is 24.4 Å². The fraction of sp³-hybridized carbons (Fsp3) is 0.500. The average Bonchev–Trinajstić information content (AvgIpc) is 2.71. The Bertz CT molecular complexity index is 440. The number of hydrogen-bond donors (Lipinski definition) is 2. The van der Waals surface area contributed by atoms with Crippen LogP contribution in [0.15, 0.2) is 6.20 Å². The third-order valence-corrected chi connectivity index (χ3v) is 3.38. The molecule has 17 heavy (non-hydrogen) atoms. The topological polar surface area (TPSA) is 80.9 Å². The van der Waals surface area contributed by atoms with Crippen LogP contribution < -0.4 is 11.1 Å². The van der Waals surface area contributed by atoms with E-state index in [1.807, 2.05) is 0 Å². The molecule has 1 aliphatic carbocycles. The molecular weight excluding hydrogens is 263 g/mol. The van der Waals surface area contributed by atoms with Crippen LogP contribution in [0.4, 0.5) is 5.82 Å². The molecule has 5 nitrogen and oxygen atoms in total. The van der Waals surface area contributed by atoms with Crippen molar-refractivity contribution in [2.75, 3.05) is 5.32 Å². The number of hydrogen-bond acceptors (Lipinski definition) is 4. The van der Waals surface area contributed by atoms with Gasteiger partial charge in [0, 0.05) is 6.04 Å². The molecule has 1 aromatic rings. The molecule has 0 unspecified atom stereocenters. The molecule has 92 valence electrons. The van der Waals surface area contributed by atoms with Crippen LogP contribution in [0.1, 0.15) is 19.3 Å². The molecule has 0 spiro atoms. The SMILES string of the molecule is NC(=O)[C@@H]1CCC[C@@H]1Nc1nc(Cl)ncc1Cl. The number of rotatable bonds is 3. The van der Waals surface area contributed by atoms with E-state index in [-0.39, 0.29) is 23.2 Å². The maximum atomic E-state index is 11.2. The molecule has 1 amide bonds. The van der Waals surface area contributed by atoms with E-state index in [1.54, 1.807) is 0 Å². The number of carbonyl (C=O) groups is 1. The molecular formula is C10H12Cl2N4O. The fourth-order valence-electron chi connectivity index (χ4n) is 2.10. The van der Waals surface area contributed by atoms with E-state index >= 15 is 0 Å². The molecule has 1 saturated carbocycles. The van der Waals surface area contributed by atoms with E-state index in [9.17, 15) is 4.79 Å². The standard InChI is InChI=1S/C10H12Cl2N4O/c11-6-4-14-10(12)16-9(6)15-7-3-1-2-5(7)8(13)17/h4-5,7H,1-3H2,(H2,13,17)(H,14,15,16)/t5-,7+/m1/s1. The Kier molecular flexibility index (Phi) is 3.69. The number of halogens is 2. The molecule has 2 rings (SSSR count). The van der Waals surface area contributed by atoms with Crippen molar-refractivity contribution in [3.05, 3.63) is 16.5 Å². The highest BCUT2D eigenvalue weighted by atomic mass is 35.5. The van der Waals surface area contributed by atoms with E-state index < -0.39 is 0 Å². The summed E-state index contributed by atoms with van der Waals surface area (Å²) in [6, 6.07) is -0.0315. The van der Waals surface area contributed by atoms with E-state index in [4.69, 9.17) is 28.9 Å². The van der Waals surface area contributed by atoms with E-state index in [2.05, 4.69) is 15.3 Å². The van der Waals surface area contributed by atoms with E-state index in [1.165, 1.54) is 6.20 Å². The molecule has 1 heterocycles. The minimum Gasteiger partial charge on any atom is -0.369 e. The largest absolute Gasteiger partial charge is 0.369 e. The summed E-state index contributed by atoms with van der Waals surface area (Å²) in [5.74, 6) is -0.0269. The van der Waals surface area contributed by atoms with Crippen molar-refractivity contribution in [2.24, 2.45) is 11.7 Å². The number of amides is 1. The molecule has 0 bridgehead atoms. The summed E-state index contributed by atoms with van der Waals surface area (Å²) < 4.78 is 0. The Hall–Kier alpha value is -1.07. The van der Waals surface area contributed by atoms with Crippen molar-refractivity contribution in [1.29, 1.82) is 0 Å². The van der Waals surface area contributed by atoms with Crippen LogP contribution in [0, 0.1) is 5.92 Å². The Balaban J connectivity index is 2.15. The molecule has 3 N–H and O–H groups in total. The van der Waals surface area contributed by atoms with Crippen LogP contribution >= 0.6 is 23.2 Å². The Morgan fingerprint density at radius 1 is 1.47 bits per heavy atom. The van der Waals surface area contributed by atoms with Crippen molar-refractivity contribution in [1.82, 2.24) is 9.97 Å². The first kappa shape index (κ1) is 12.4. The first-order chi connectivity index (χ1) is 8.08. The zero-order chi connectivity index (χ0) is 12.4. The summed E-state index contributed by atoms with van der Waals surface area (Å²) in [5, 5.41) is 3.61. The summed E-state index contributed by atoms with van der Waals surface area (Å²) in [6.45, 7) is 0. The van der Waals surface area contributed by atoms with Crippen LogP contribution in [-0.2, 0) is 4.79 Å². The van der Waals surface area contributed by atoms with Crippen molar-refractivity contribution in [2.45, 2.75) is 25.3 Å². The second-order valence-electron chi connectivity index (χ2n) is 4.03. The van der Waals surface area contributed by atoms with Gasteiger partial charge in [0.15, 0.2) is 0 Å². The second kappa shape index (κ2) is 5.06. The summed E-state index contributed by atoms with van der Waals surface area (Å²) in [6.07, 6.45) is 4.05. The van der Waals surface area contributed by atoms with Crippen molar-refractivity contribution in [3.63, 3.8) is 0 Å². The number of carbonyl (C=O) groups excluding carboxylic acids is 1. The Labute approximate surface area is 109 Å². The summed E-state index contributed by atoms with van der Waals surface area (Å²) in [4.78, 5) is 19.0. The lowest BCUT2D eigenvalue weighted by Crippen LogP contribution is -2.34. The fourth-order valence-corrected chi connectivity index (χ4v) is 2.37. The Morgan fingerprint density at radius 2 is 2.24 bits per heavy atom. The molecule has 2 atom stereocenters. The molecule has 7 heteroatoms. The molecule has 1 aliphatic rings. The number of anilines is 1. The first-order valence-corrected chi connectivity index (χ1v) is 6.07. The van der Waals surface area contributed by atoms with Gasteiger partial charge in [-0.2, -0.15) is 4.98 Å². The lowest BCUT2D eigenvalue weighted by molar-refractivity contribution is -0.121. The number of aromatic nitrogens is 2. The van der Waals surface area contributed by atoms with Gasteiger partial charge in [0.25, 0.3) is 0 Å². The summed E-state index contributed by atoms with van der Waals surface area (Å²) in [7, 11) is 0. The summed E-state index contributed by atoms with van der Waals surface area (Å²) in [5.41, 5.74) is 5.34. The van der Waals surface area contributed by atoms with Crippen LogP contribution in [-0.4, -0.2) is 21.9 Å². The van der Waals surface area contributed by atoms with Crippen molar-refractivity contribution >= 4 is 34.9 Å². The summed E-state index contributed by atoms with van der Waals surface area (Å²) >= 11 is 11.6. The van der Waals surface area contributed by atoms with Gasteiger partial charge < -0.3 is 11.1 Å². The zero-order valence-corrected chi connectivity index (χ0v) is 10.5. The van der Waals surface area contributed by atoms with Crippen LogP contribution in [0.25, 0.3) is 0 Å². The Morgan fingerprint density at radius 3 is 2.94 bits per heavy atom.